The zero-order chi connectivity index (χ0) is 12.7. The lowest BCUT2D eigenvalue weighted by Gasteiger charge is -2.00. The average molecular weight is 281 g/mol. The first-order valence-corrected chi connectivity index (χ1v) is 6.10. The van der Waals surface area contributed by atoms with Crippen LogP contribution < -0.4 is 0 Å². The van der Waals surface area contributed by atoms with Crippen LogP contribution in [0.5, 0.6) is 0 Å². The molecule has 0 bridgehead atoms. The zero-order valence-electron chi connectivity index (χ0n) is 9.48. The molecular formula is C11H9ClN4OS. The highest BCUT2D eigenvalue weighted by atomic mass is 35.5. The quantitative estimate of drug-likeness (QED) is 0.733. The van der Waals surface area contributed by atoms with Gasteiger partial charge in [-0.2, -0.15) is 4.98 Å². The lowest BCUT2D eigenvalue weighted by Crippen LogP contribution is -1.99. The Balaban J connectivity index is 2.14. The predicted molar refractivity (Wildman–Crippen MR) is 70.3 cm³/mol. The fourth-order valence-electron chi connectivity index (χ4n) is 1.84. The molecule has 1 aromatic carbocycles. The minimum Gasteiger partial charge on any atom is -0.337 e. The van der Waals surface area contributed by atoms with Gasteiger partial charge in [-0.15, -0.1) is 0 Å². The van der Waals surface area contributed by atoms with E-state index in [9.17, 15) is 0 Å². The highest BCUT2D eigenvalue weighted by Crippen LogP contribution is 2.23. The summed E-state index contributed by atoms with van der Waals surface area (Å²) in [4.78, 5) is 7.24. The number of fused-ring (bicyclic) bond motifs is 1. The van der Waals surface area contributed by atoms with Gasteiger partial charge in [0, 0.05) is 0 Å². The summed E-state index contributed by atoms with van der Waals surface area (Å²) in [5.41, 5.74) is 1.74. The van der Waals surface area contributed by atoms with Gasteiger partial charge in [-0.3, -0.25) is 0 Å². The van der Waals surface area contributed by atoms with Crippen LogP contribution in [0.1, 0.15) is 11.7 Å². The second kappa shape index (κ2) is 4.22. The number of imidazole rings is 1. The number of hydrogen-bond donors (Lipinski definition) is 1. The first-order chi connectivity index (χ1) is 8.65. The molecule has 1 N–H and O–H groups in total. The molecule has 5 nitrogen and oxygen atoms in total. The van der Waals surface area contributed by atoms with Gasteiger partial charge >= 0.3 is 0 Å². The van der Waals surface area contributed by atoms with Crippen LogP contribution in [0.25, 0.3) is 11.0 Å². The third-order valence-corrected chi connectivity index (χ3v) is 3.26. The molecule has 0 saturated carbocycles. The predicted octanol–water partition coefficient (Wildman–Crippen LogP) is 3.09. The van der Waals surface area contributed by atoms with Gasteiger partial charge in [0.2, 0.25) is 5.89 Å². The highest BCUT2D eigenvalue weighted by molar-refractivity contribution is 7.71. The van der Waals surface area contributed by atoms with E-state index in [-0.39, 0.29) is 0 Å². The second-order valence-electron chi connectivity index (χ2n) is 3.89. The summed E-state index contributed by atoms with van der Waals surface area (Å²) in [6.45, 7) is 2.21. The van der Waals surface area contributed by atoms with Crippen molar-refractivity contribution in [3.05, 3.63) is 39.7 Å². The van der Waals surface area contributed by atoms with E-state index >= 15 is 0 Å². The molecule has 2 heterocycles. The molecule has 0 aliphatic rings. The van der Waals surface area contributed by atoms with Crippen molar-refractivity contribution in [2.45, 2.75) is 13.5 Å². The minimum atomic E-state index is 0.431. The van der Waals surface area contributed by atoms with E-state index < -0.39 is 0 Å². The zero-order valence-corrected chi connectivity index (χ0v) is 11.0. The van der Waals surface area contributed by atoms with E-state index in [0.717, 1.165) is 11.0 Å². The Kier molecular flexibility index (Phi) is 2.68. The monoisotopic (exact) mass is 280 g/mol. The molecule has 0 saturated heterocycles. The molecule has 0 aliphatic heterocycles. The van der Waals surface area contributed by atoms with Gasteiger partial charge in [-0.1, -0.05) is 22.8 Å². The number of H-pyrrole nitrogens is 1. The number of rotatable bonds is 2. The molecule has 0 unspecified atom stereocenters. The van der Waals surface area contributed by atoms with Crippen molar-refractivity contribution in [1.82, 2.24) is 19.7 Å². The van der Waals surface area contributed by atoms with Crippen molar-refractivity contribution in [2.75, 3.05) is 0 Å². The number of benzene rings is 1. The Morgan fingerprint density at radius 1 is 1.50 bits per heavy atom. The Bertz CT molecular complexity index is 773. The maximum Gasteiger partial charge on any atom is 0.246 e. The van der Waals surface area contributed by atoms with Gasteiger partial charge in [0.25, 0.3) is 0 Å². The summed E-state index contributed by atoms with van der Waals surface area (Å²) in [5, 5.41) is 4.39. The van der Waals surface area contributed by atoms with Crippen molar-refractivity contribution < 1.29 is 4.52 Å². The van der Waals surface area contributed by atoms with Gasteiger partial charge in [0.15, 0.2) is 10.6 Å². The first kappa shape index (κ1) is 11.4. The molecule has 0 aliphatic carbocycles. The largest absolute Gasteiger partial charge is 0.337 e. The van der Waals surface area contributed by atoms with Crippen LogP contribution in [-0.2, 0) is 6.54 Å². The van der Waals surface area contributed by atoms with E-state index in [0.29, 0.717) is 28.1 Å². The number of hydrogen-bond acceptors (Lipinski definition) is 4. The van der Waals surface area contributed by atoms with Gasteiger partial charge in [-0.25, -0.2) is 0 Å². The molecule has 3 rings (SSSR count). The van der Waals surface area contributed by atoms with Crippen LogP contribution >= 0.6 is 23.8 Å². The molecule has 2 aromatic heterocycles. The SMILES string of the molecule is Cc1noc(Cn2c(=S)[nH]c3c(Cl)cccc32)n1. The lowest BCUT2D eigenvalue weighted by molar-refractivity contribution is 0.368. The Morgan fingerprint density at radius 3 is 3.06 bits per heavy atom. The van der Waals surface area contributed by atoms with Gasteiger partial charge < -0.3 is 14.1 Å². The van der Waals surface area contributed by atoms with Crippen LogP contribution in [0.2, 0.25) is 5.02 Å². The van der Waals surface area contributed by atoms with Crippen LogP contribution in [0.15, 0.2) is 22.7 Å². The third kappa shape index (κ3) is 1.83. The molecule has 0 amide bonds. The summed E-state index contributed by atoms with van der Waals surface area (Å²) in [7, 11) is 0. The normalized spacial score (nSPS) is 11.2. The van der Waals surface area contributed by atoms with E-state index in [1.54, 1.807) is 6.92 Å². The average Bonchev–Trinajstić information content (AvgIpc) is 2.87. The summed E-state index contributed by atoms with van der Waals surface area (Å²) in [6, 6.07) is 5.63. The molecule has 0 spiro atoms. The topological polar surface area (TPSA) is 59.6 Å². The molecule has 0 radical (unpaired) electrons. The van der Waals surface area contributed by atoms with Crippen molar-refractivity contribution in [2.24, 2.45) is 0 Å². The van der Waals surface area contributed by atoms with Crippen LogP contribution in [0.3, 0.4) is 0 Å². The molecule has 7 heteroatoms. The van der Waals surface area contributed by atoms with Crippen molar-refractivity contribution in [3.8, 4) is 0 Å². The van der Waals surface area contributed by atoms with Crippen LogP contribution in [-0.4, -0.2) is 19.7 Å². The van der Waals surface area contributed by atoms with Crippen molar-refractivity contribution >= 4 is 34.9 Å². The minimum absolute atomic E-state index is 0.431. The van der Waals surface area contributed by atoms with Gasteiger partial charge in [-0.05, 0) is 31.3 Å². The van der Waals surface area contributed by atoms with Gasteiger partial charge in [0.1, 0.15) is 6.54 Å². The van der Waals surface area contributed by atoms with E-state index in [4.69, 9.17) is 28.3 Å². The van der Waals surface area contributed by atoms with Crippen molar-refractivity contribution in [1.29, 1.82) is 0 Å². The molecular weight excluding hydrogens is 272 g/mol. The maximum atomic E-state index is 6.11. The number of aryl methyl sites for hydroxylation is 1. The number of para-hydroxylation sites is 1. The number of aromatic nitrogens is 4. The standard InChI is InChI=1S/C11H9ClN4OS/c1-6-13-9(17-15-6)5-16-8-4-2-3-7(12)10(8)14-11(16)18/h2-4H,5H2,1H3,(H,14,18). The number of aromatic amines is 1. The molecule has 18 heavy (non-hydrogen) atoms. The number of nitrogens with one attached hydrogen (secondary N) is 1. The number of nitrogens with zero attached hydrogens (tertiary/aromatic N) is 3. The van der Waals surface area contributed by atoms with Crippen LogP contribution in [0, 0.1) is 11.7 Å². The highest BCUT2D eigenvalue weighted by Gasteiger charge is 2.10. The summed E-state index contributed by atoms with van der Waals surface area (Å²) in [6.07, 6.45) is 0. The molecule has 3 aromatic rings. The molecule has 92 valence electrons. The Hall–Kier alpha value is -1.66. The Morgan fingerprint density at radius 2 is 2.33 bits per heavy atom. The fourth-order valence-corrected chi connectivity index (χ4v) is 2.32. The smallest absolute Gasteiger partial charge is 0.246 e. The number of halogens is 1. The Labute approximate surface area is 112 Å². The summed E-state index contributed by atoms with van der Waals surface area (Å²) < 4.78 is 7.55. The lowest BCUT2D eigenvalue weighted by atomic mass is 10.3. The third-order valence-electron chi connectivity index (χ3n) is 2.62. The van der Waals surface area contributed by atoms with Crippen molar-refractivity contribution in [3.63, 3.8) is 0 Å². The van der Waals surface area contributed by atoms with E-state index in [1.807, 2.05) is 22.8 Å². The van der Waals surface area contributed by atoms with E-state index in [2.05, 4.69) is 15.1 Å². The second-order valence-corrected chi connectivity index (χ2v) is 4.68. The molecule has 0 atom stereocenters. The van der Waals surface area contributed by atoms with Crippen LogP contribution in [0.4, 0.5) is 0 Å². The van der Waals surface area contributed by atoms with E-state index in [1.165, 1.54) is 0 Å². The summed E-state index contributed by atoms with van der Waals surface area (Å²) >= 11 is 11.4. The fraction of sp³-hybridized carbons (Fsp3) is 0.182. The molecule has 0 fully saturated rings. The first-order valence-electron chi connectivity index (χ1n) is 5.31. The summed E-state index contributed by atoms with van der Waals surface area (Å²) in [5.74, 6) is 1.12. The maximum absolute atomic E-state index is 6.11. The van der Waals surface area contributed by atoms with Gasteiger partial charge in [0.05, 0.1) is 16.1 Å².